The molecule has 2 atom stereocenters. The topological polar surface area (TPSA) is 134 Å². The van der Waals surface area contributed by atoms with Gasteiger partial charge in [0.15, 0.2) is 5.75 Å². The van der Waals surface area contributed by atoms with Gasteiger partial charge < -0.3 is 25.3 Å². The Kier molecular flexibility index (Phi) is 7.05. The van der Waals surface area contributed by atoms with Gasteiger partial charge >= 0.3 is 12.0 Å². The zero-order valence-electron chi connectivity index (χ0n) is 24.1. The van der Waals surface area contributed by atoms with E-state index in [2.05, 4.69) is 27.2 Å². The molecule has 0 aromatic heterocycles. The summed E-state index contributed by atoms with van der Waals surface area (Å²) in [5.41, 5.74) is 3.30. The smallest absolute Gasteiger partial charge is 0.322 e. The van der Waals surface area contributed by atoms with Crippen molar-refractivity contribution in [2.45, 2.75) is 43.7 Å². The third-order valence-electron chi connectivity index (χ3n) is 10.3. The lowest BCUT2D eigenvalue weighted by atomic mass is 9.52. The van der Waals surface area contributed by atoms with Crippen molar-refractivity contribution in [2.75, 3.05) is 59.7 Å². The molecule has 3 N–H and O–H groups in total. The number of carboxylic acids is 1. The highest BCUT2D eigenvalue weighted by molar-refractivity contribution is 7.89. The number of piperazine rings is 1. The first-order valence-corrected chi connectivity index (χ1v) is 16.9. The Hall–Kier alpha value is -3.35. The number of carboxylic acid groups (broad SMARTS) is 1. The van der Waals surface area contributed by atoms with E-state index in [1.165, 1.54) is 4.31 Å². The van der Waals surface area contributed by atoms with Gasteiger partial charge in [-0.1, -0.05) is 12.1 Å². The van der Waals surface area contributed by atoms with E-state index in [1.54, 1.807) is 0 Å². The molecular weight excluding hydrogens is 570 g/mol. The van der Waals surface area contributed by atoms with Crippen LogP contribution >= 0.6 is 0 Å². The molecule has 1 saturated heterocycles. The van der Waals surface area contributed by atoms with E-state index in [-0.39, 0.29) is 25.2 Å². The first-order chi connectivity index (χ1) is 20.6. The second kappa shape index (κ2) is 10.7. The quantitative estimate of drug-likeness (QED) is 0.456. The van der Waals surface area contributed by atoms with Gasteiger partial charge in [-0.2, -0.15) is 4.31 Å². The van der Waals surface area contributed by atoms with Crippen LogP contribution in [0.3, 0.4) is 0 Å². The minimum atomic E-state index is -3.81. The summed E-state index contributed by atoms with van der Waals surface area (Å²) < 4.78 is 25.8. The number of urea groups is 1. The molecular formula is C31H39N5O6S. The van der Waals surface area contributed by atoms with Gasteiger partial charge in [-0.3, -0.25) is 9.69 Å². The van der Waals surface area contributed by atoms with Crippen LogP contribution in [0.25, 0.3) is 0 Å². The van der Waals surface area contributed by atoms with E-state index >= 15 is 0 Å². The van der Waals surface area contributed by atoms with E-state index < -0.39 is 27.3 Å². The first kappa shape index (κ1) is 28.4. The number of fused-ring (bicyclic) bond motifs is 1. The van der Waals surface area contributed by atoms with Crippen LogP contribution in [0, 0.1) is 17.8 Å². The van der Waals surface area contributed by atoms with Crippen molar-refractivity contribution >= 4 is 44.8 Å². The molecule has 230 valence electrons. The number of aliphatic carboxylic acids is 1. The Morgan fingerprint density at radius 2 is 1.47 bits per heavy atom. The van der Waals surface area contributed by atoms with Crippen LogP contribution in [0.2, 0.25) is 0 Å². The molecule has 2 aromatic rings. The molecule has 2 unspecified atom stereocenters. The second-order valence-corrected chi connectivity index (χ2v) is 15.0. The summed E-state index contributed by atoms with van der Waals surface area (Å²) in [7, 11) is -3.81. The van der Waals surface area contributed by atoms with Crippen molar-refractivity contribution in [3.63, 3.8) is 0 Å². The highest BCUT2D eigenvalue weighted by Crippen LogP contribution is 2.55. The highest BCUT2D eigenvalue weighted by atomic mass is 32.2. The van der Waals surface area contributed by atoms with Crippen molar-refractivity contribution in [3.8, 4) is 0 Å². The molecule has 2 aliphatic heterocycles. The first-order valence-electron chi connectivity index (χ1n) is 15.3. The highest BCUT2D eigenvalue weighted by Gasteiger charge is 2.55. The van der Waals surface area contributed by atoms with E-state index in [1.807, 2.05) is 41.3 Å². The predicted molar refractivity (Wildman–Crippen MR) is 163 cm³/mol. The number of nitrogens with zero attached hydrogens (tertiary/aromatic N) is 4. The maximum absolute atomic E-state index is 13.7. The van der Waals surface area contributed by atoms with Crippen LogP contribution in [0.5, 0.6) is 0 Å². The zero-order valence-corrected chi connectivity index (χ0v) is 25.0. The average Bonchev–Trinajstić information content (AvgIpc) is 2.97. The Balaban J connectivity index is 1.02. The normalized spacial score (nSPS) is 30.3. The molecule has 8 rings (SSSR count). The lowest BCUT2D eigenvalue weighted by Gasteiger charge is -2.58. The number of rotatable bonds is 6. The van der Waals surface area contributed by atoms with Crippen molar-refractivity contribution < 1.29 is 28.2 Å². The zero-order chi connectivity index (χ0) is 29.9. The molecule has 2 amide bonds. The van der Waals surface area contributed by atoms with E-state index in [9.17, 15) is 23.1 Å². The molecule has 6 aliphatic rings. The minimum absolute atomic E-state index is 0.0589. The number of carbonyl (C=O) groups excluding carboxylic acids is 1. The van der Waals surface area contributed by atoms with Gasteiger partial charge in [0.2, 0.25) is 10.0 Å². The van der Waals surface area contributed by atoms with Crippen molar-refractivity contribution in [1.29, 1.82) is 0 Å². The van der Waals surface area contributed by atoms with Gasteiger partial charge in [0.25, 0.3) is 0 Å². The van der Waals surface area contributed by atoms with Gasteiger partial charge in [-0.25, -0.2) is 13.2 Å². The summed E-state index contributed by atoms with van der Waals surface area (Å²) in [4.78, 5) is 30.8. The molecule has 4 saturated carbocycles. The molecule has 12 heteroatoms. The molecule has 2 aromatic carbocycles. The molecule has 2 heterocycles. The van der Waals surface area contributed by atoms with Crippen molar-refractivity contribution in [2.24, 2.45) is 17.8 Å². The number of hydrogen-bond donors (Lipinski definition) is 3. The Labute approximate surface area is 252 Å². The fourth-order valence-electron chi connectivity index (χ4n) is 8.59. The maximum Gasteiger partial charge on any atom is 0.322 e. The summed E-state index contributed by atoms with van der Waals surface area (Å²) in [6.07, 6.45) is 4.72. The van der Waals surface area contributed by atoms with Crippen molar-refractivity contribution in [1.82, 2.24) is 9.62 Å². The standard InChI is InChI=1S/C31H39N5O6S/c37-28(38)20-43(41,42)34-11-9-33(10-12-34)24-5-7-25(8-6-24)35-13-14-36(27-4-2-1-3-26(27)35)30(39)32-29-22-15-21-16-23(29)19-31(40,17-21)18-22/h1-8,21-23,29,40H,9-20H2,(H,32,39)(H,37,38). The van der Waals surface area contributed by atoms with Crippen LogP contribution in [-0.4, -0.2) is 91.6 Å². The lowest BCUT2D eigenvalue weighted by Crippen LogP contribution is -2.63. The van der Waals surface area contributed by atoms with E-state index in [0.717, 1.165) is 54.9 Å². The lowest BCUT2D eigenvalue weighted by molar-refractivity contribution is -0.136. The molecule has 0 spiro atoms. The monoisotopic (exact) mass is 609 g/mol. The summed E-state index contributed by atoms with van der Waals surface area (Å²) in [5, 5.41) is 23.3. The number of nitrogens with one attached hydrogen (secondary N) is 1. The molecule has 0 radical (unpaired) electrons. The van der Waals surface area contributed by atoms with Crippen LogP contribution < -0.4 is 20.0 Å². The average molecular weight is 610 g/mol. The number of carbonyl (C=O) groups is 2. The fraction of sp³-hybridized carbons (Fsp3) is 0.548. The third-order valence-corrected chi connectivity index (χ3v) is 12.0. The number of para-hydroxylation sites is 2. The number of sulfonamides is 1. The van der Waals surface area contributed by atoms with Gasteiger partial charge in [0.1, 0.15) is 0 Å². The Morgan fingerprint density at radius 1 is 0.837 bits per heavy atom. The van der Waals surface area contributed by atoms with Gasteiger partial charge in [0, 0.05) is 56.7 Å². The summed E-state index contributed by atoms with van der Waals surface area (Å²) in [5.74, 6) is -0.926. The van der Waals surface area contributed by atoms with Gasteiger partial charge in [0.05, 0.1) is 17.0 Å². The largest absolute Gasteiger partial charge is 0.480 e. The van der Waals surface area contributed by atoms with Gasteiger partial charge in [-0.15, -0.1) is 0 Å². The predicted octanol–water partition coefficient (Wildman–Crippen LogP) is 2.83. The van der Waals surface area contributed by atoms with Crippen LogP contribution in [0.4, 0.5) is 27.5 Å². The summed E-state index contributed by atoms with van der Waals surface area (Å²) in [6.45, 7) is 2.65. The number of anilines is 4. The number of benzene rings is 2. The molecule has 5 fully saturated rings. The van der Waals surface area contributed by atoms with Gasteiger partial charge in [-0.05, 0) is 86.3 Å². The summed E-state index contributed by atoms with van der Waals surface area (Å²) >= 11 is 0. The molecule has 4 bridgehead atoms. The number of amides is 2. The Bertz CT molecular complexity index is 1490. The molecule has 11 nitrogen and oxygen atoms in total. The van der Waals surface area contributed by atoms with Crippen LogP contribution in [0.1, 0.15) is 32.1 Å². The minimum Gasteiger partial charge on any atom is -0.480 e. The summed E-state index contributed by atoms with van der Waals surface area (Å²) in [6, 6.07) is 16.2. The Morgan fingerprint density at radius 3 is 2.09 bits per heavy atom. The fourth-order valence-corrected chi connectivity index (χ4v) is 9.81. The second-order valence-electron chi connectivity index (χ2n) is 13.0. The van der Waals surface area contributed by atoms with Crippen LogP contribution in [0.15, 0.2) is 48.5 Å². The van der Waals surface area contributed by atoms with Crippen molar-refractivity contribution in [3.05, 3.63) is 48.5 Å². The number of aliphatic hydroxyl groups is 1. The SMILES string of the molecule is O=C(O)CS(=O)(=O)N1CCN(c2ccc(N3CCN(C(=O)NC4C5CC6CC4CC(O)(C6)C5)c4ccccc43)cc2)CC1. The maximum atomic E-state index is 13.7. The third kappa shape index (κ3) is 5.33. The number of hydrogen-bond acceptors (Lipinski definition) is 7. The van der Waals surface area contributed by atoms with E-state index in [4.69, 9.17) is 5.11 Å². The van der Waals surface area contributed by atoms with E-state index in [0.29, 0.717) is 43.9 Å². The molecule has 43 heavy (non-hydrogen) atoms. The van der Waals surface area contributed by atoms with Crippen LogP contribution in [-0.2, 0) is 14.8 Å². The molecule has 4 aliphatic carbocycles.